The van der Waals surface area contributed by atoms with E-state index in [2.05, 4.69) is 21.2 Å². The zero-order chi connectivity index (χ0) is 29.5. The van der Waals surface area contributed by atoms with Crippen molar-refractivity contribution in [2.75, 3.05) is 12.4 Å². The topological polar surface area (TPSA) is 58.6 Å². The Hall–Kier alpha value is -3.89. The van der Waals surface area contributed by atoms with Gasteiger partial charge in [-0.25, -0.2) is 4.39 Å². The normalized spacial score (nSPS) is 14.7. The van der Waals surface area contributed by atoms with E-state index in [0.717, 1.165) is 11.6 Å². The first kappa shape index (κ1) is 28.6. The molecule has 2 amide bonds. The van der Waals surface area contributed by atoms with Crippen LogP contribution < -0.4 is 10.1 Å². The van der Waals surface area contributed by atoms with E-state index in [0.29, 0.717) is 38.5 Å². The molecule has 0 fully saturated rings. The van der Waals surface area contributed by atoms with Gasteiger partial charge in [0.25, 0.3) is 11.8 Å². The van der Waals surface area contributed by atoms with Crippen molar-refractivity contribution in [2.45, 2.75) is 18.8 Å². The summed E-state index contributed by atoms with van der Waals surface area (Å²) in [5.74, 6) is -1.89. The molecule has 4 aromatic rings. The third-order valence-electron chi connectivity index (χ3n) is 6.67. The standard InChI is InChI=1S/C30H20BrClF4N2O3/c1-41-21-8-6-16(7-9-21)15-38-27(22-4-2-3-5-24(22)32)26-23(29(38)40)13-19(31)14-25(26)37-28(39)17-10-18(30(34,35)36)12-20(33)11-17/h2-14,27H,15H2,1H3,(H,37,39). The molecular weight excluding hydrogens is 628 g/mol. The van der Waals surface area contributed by atoms with E-state index in [9.17, 15) is 27.2 Å². The number of hydrogen-bond donors (Lipinski definition) is 1. The summed E-state index contributed by atoms with van der Waals surface area (Å²) in [7, 11) is 1.55. The van der Waals surface area contributed by atoms with Crippen LogP contribution >= 0.6 is 27.5 Å². The number of halogens is 6. The van der Waals surface area contributed by atoms with E-state index in [1.807, 2.05) is 12.1 Å². The van der Waals surface area contributed by atoms with Crippen molar-refractivity contribution in [1.29, 1.82) is 0 Å². The van der Waals surface area contributed by atoms with Gasteiger partial charge in [-0.2, -0.15) is 13.2 Å². The molecule has 0 aromatic heterocycles. The lowest BCUT2D eigenvalue weighted by molar-refractivity contribution is -0.137. The molecule has 1 atom stereocenters. The number of rotatable bonds is 6. The van der Waals surface area contributed by atoms with Crippen molar-refractivity contribution in [3.05, 3.63) is 128 Å². The average Bonchev–Trinajstić information content (AvgIpc) is 3.19. The largest absolute Gasteiger partial charge is 0.497 e. The monoisotopic (exact) mass is 646 g/mol. The molecule has 0 aliphatic carbocycles. The minimum Gasteiger partial charge on any atom is -0.497 e. The number of nitrogens with one attached hydrogen (secondary N) is 1. The van der Waals surface area contributed by atoms with Crippen LogP contribution in [-0.4, -0.2) is 23.8 Å². The lowest BCUT2D eigenvalue weighted by Gasteiger charge is -2.27. The SMILES string of the molecule is COc1ccc(CN2C(=O)c3cc(Br)cc(NC(=O)c4cc(F)cc(C(F)(F)F)c4)c3C2c2ccccc2Cl)cc1. The summed E-state index contributed by atoms with van der Waals surface area (Å²) in [5, 5.41) is 2.98. The zero-order valence-electron chi connectivity index (χ0n) is 21.2. The molecule has 0 saturated carbocycles. The summed E-state index contributed by atoms with van der Waals surface area (Å²) in [6, 6.07) is 18.1. The number of carbonyl (C=O) groups excluding carboxylic acids is 2. The van der Waals surface area contributed by atoms with Gasteiger partial charge in [0.15, 0.2) is 0 Å². The molecule has 1 aliphatic rings. The first-order valence-corrected chi connectivity index (χ1v) is 13.3. The molecule has 41 heavy (non-hydrogen) atoms. The van der Waals surface area contributed by atoms with Gasteiger partial charge in [-0.3, -0.25) is 9.59 Å². The predicted octanol–water partition coefficient (Wildman–Crippen LogP) is 8.27. The predicted molar refractivity (Wildman–Crippen MR) is 150 cm³/mol. The van der Waals surface area contributed by atoms with Crippen molar-refractivity contribution in [3.63, 3.8) is 0 Å². The Morgan fingerprint density at radius 3 is 2.41 bits per heavy atom. The maximum Gasteiger partial charge on any atom is 0.416 e. The molecule has 5 nitrogen and oxygen atoms in total. The van der Waals surface area contributed by atoms with Gasteiger partial charge in [0, 0.05) is 38.4 Å². The Kier molecular flexibility index (Phi) is 7.80. The van der Waals surface area contributed by atoms with E-state index in [4.69, 9.17) is 16.3 Å². The van der Waals surface area contributed by atoms with Crippen LogP contribution in [0.15, 0.2) is 83.3 Å². The van der Waals surface area contributed by atoms with Gasteiger partial charge in [-0.15, -0.1) is 0 Å². The van der Waals surface area contributed by atoms with E-state index in [-0.39, 0.29) is 23.7 Å². The number of anilines is 1. The third kappa shape index (κ3) is 5.80. The Labute approximate surface area is 245 Å². The highest BCUT2D eigenvalue weighted by Crippen LogP contribution is 2.46. The second-order valence-electron chi connectivity index (χ2n) is 9.30. The molecule has 11 heteroatoms. The molecule has 1 N–H and O–H groups in total. The van der Waals surface area contributed by atoms with Crippen LogP contribution in [0.4, 0.5) is 23.2 Å². The Morgan fingerprint density at radius 2 is 1.76 bits per heavy atom. The number of benzene rings is 4. The van der Waals surface area contributed by atoms with Crippen LogP contribution in [0.1, 0.15) is 49.0 Å². The molecule has 0 bridgehead atoms. The van der Waals surface area contributed by atoms with Crippen molar-refractivity contribution in [3.8, 4) is 5.75 Å². The summed E-state index contributed by atoms with van der Waals surface area (Å²) in [4.78, 5) is 28.6. The van der Waals surface area contributed by atoms with Gasteiger partial charge in [0.1, 0.15) is 11.6 Å². The fourth-order valence-corrected chi connectivity index (χ4v) is 5.51. The fraction of sp³-hybridized carbons (Fsp3) is 0.133. The first-order valence-electron chi connectivity index (χ1n) is 12.2. The minimum absolute atomic E-state index is 0.160. The molecule has 0 saturated heterocycles. The number of methoxy groups -OCH3 is 1. The average molecular weight is 648 g/mol. The number of hydrogen-bond acceptors (Lipinski definition) is 3. The van der Waals surface area contributed by atoms with Crippen LogP contribution in [0.3, 0.4) is 0 Å². The van der Waals surface area contributed by atoms with Crippen LogP contribution in [0, 0.1) is 5.82 Å². The smallest absolute Gasteiger partial charge is 0.416 e. The zero-order valence-corrected chi connectivity index (χ0v) is 23.6. The van der Waals surface area contributed by atoms with Crippen molar-refractivity contribution < 1.29 is 31.9 Å². The molecule has 210 valence electrons. The number of carbonyl (C=O) groups is 2. The molecule has 5 rings (SSSR count). The van der Waals surface area contributed by atoms with Gasteiger partial charge in [0.05, 0.1) is 18.7 Å². The van der Waals surface area contributed by atoms with E-state index >= 15 is 0 Å². The highest BCUT2D eigenvalue weighted by atomic mass is 79.9. The summed E-state index contributed by atoms with van der Waals surface area (Å²) in [6.07, 6.45) is -4.85. The van der Waals surface area contributed by atoms with Gasteiger partial charge in [0.2, 0.25) is 0 Å². The lowest BCUT2D eigenvalue weighted by Crippen LogP contribution is -2.28. The number of nitrogens with zero attached hydrogens (tertiary/aromatic N) is 1. The van der Waals surface area contributed by atoms with Crippen LogP contribution in [0.2, 0.25) is 5.02 Å². The summed E-state index contributed by atoms with van der Waals surface area (Å²) >= 11 is 9.95. The van der Waals surface area contributed by atoms with Crippen LogP contribution in [-0.2, 0) is 12.7 Å². The minimum atomic E-state index is -4.85. The van der Waals surface area contributed by atoms with Gasteiger partial charge >= 0.3 is 6.18 Å². The quantitative estimate of drug-likeness (QED) is 0.215. The molecular formula is C30H20BrClF4N2O3. The van der Waals surface area contributed by atoms with E-state index in [1.165, 1.54) is 6.07 Å². The molecule has 1 heterocycles. The maximum atomic E-state index is 14.1. The molecule has 1 unspecified atom stereocenters. The van der Waals surface area contributed by atoms with Crippen molar-refractivity contribution in [1.82, 2.24) is 4.90 Å². The van der Waals surface area contributed by atoms with Crippen molar-refractivity contribution in [2.24, 2.45) is 0 Å². The lowest BCUT2D eigenvalue weighted by atomic mass is 9.95. The molecule has 0 spiro atoms. The Bertz CT molecular complexity index is 1660. The highest BCUT2D eigenvalue weighted by Gasteiger charge is 2.41. The number of amides is 2. The highest BCUT2D eigenvalue weighted by molar-refractivity contribution is 9.10. The Morgan fingerprint density at radius 1 is 1.05 bits per heavy atom. The van der Waals surface area contributed by atoms with Crippen LogP contribution in [0.5, 0.6) is 5.75 Å². The number of alkyl halides is 3. The number of ether oxygens (including phenoxy) is 1. The molecule has 4 aromatic carbocycles. The maximum absolute atomic E-state index is 14.1. The molecule has 0 radical (unpaired) electrons. The second kappa shape index (κ2) is 11.2. The molecule has 1 aliphatic heterocycles. The Balaban J connectivity index is 1.60. The van der Waals surface area contributed by atoms with Gasteiger partial charge < -0.3 is 15.0 Å². The van der Waals surface area contributed by atoms with E-state index < -0.39 is 35.1 Å². The number of fused-ring (bicyclic) bond motifs is 1. The third-order valence-corrected chi connectivity index (χ3v) is 7.47. The summed E-state index contributed by atoms with van der Waals surface area (Å²) < 4.78 is 59.6. The van der Waals surface area contributed by atoms with Crippen molar-refractivity contribution >= 4 is 45.0 Å². The van der Waals surface area contributed by atoms with Gasteiger partial charge in [-0.1, -0.05) is 57.9 Å². The van der Waals surface area contributed by atoms with E-state index in [1.54, 1.807) is 54.5 Å². The van der Waals surface area contributed by atoms with Gasteiger partial charge in [-0.05, 0) is 59.7 Å². The van der Waals surface area contributed by atoms with Crippen LogP contribution in [0.25, 0.3) is 0 Å². The summed E-state index contributed by atoms with van der Waals surface area (Å²) in [6.45, 7) is 0.178. The second-order valence-corrected chi connectivity index (χ2v) is 10.6. The summed E-state index contributed by atoms with van der Waals surface area (Å²) in [5.41, 5.74) is 0.388. The fourth-order valence-electron chi connectivity index (χ4n) is 4.81. The first-order chi connectivity index (χ1) is 19.5.